The Bertz CT molecular complexity index is 378. The van der Waals surface area contributed by atoms with Gasteiger partial charge in [-0.1, -0.05) is 11.8 Å². The Morgan fingerprint density at radius 2 is 2.12 bits per heavy atom. The average Bonchev–Trinajstić information content (AvgIpc) is 2.53. The number of rotatable bonds is 4. The van der Waals surface area contributed by atoms with E-state index in [9.17, 15) is 15.0 Å². The van der Waals surface area contributed by atoms with E-state index in [0.717, 1.165) is 22.5 Å². The standard InChI is InChI=1S/C10H15NO3S2/c1-5-10(16-6(2)11-5)9(14)8(13)4-15-7(3)12/h8-9,13-14H,4H2,1-3H3. The molecule has 0 saturated carbocycles. The number of aliphatic hydroxyl groups excluding tert-OH is 2. The molecule has 2 N–H and O–H groups in total. The van der Waals surface area contributed by atoms with Gasteiger partial charge in [-0.05, 0) is 13.8 Å². The molecule has 2 unspecified atom stereocenters. The topological polar surface area (TPSA) is 70.4 Å². The van der Waals surface area contributed by atoms with E-state index in [0.29, 0.717) is 4.88 Å². The molecule has 2 atom stereocenters. The van der Waals surface area contributed by atoms with E-state index < -0.39 is 12.2 Å². The normalized spacial score (nSPS) is 14.8. The van der Waals surface area contributed by atoms with Crippen molar-refractivity contribution in [3.63, 3.8) is 0 Å². The SMILES string of the molecule is CC(=O)SCC(O)C(O)c1sc(C)nc1C. The Labute approximate surface area is 103 Å². The van der Waals surface area contributed by atoms with Crippen LogP contribution in [0.5, 0.6) is 0 Å². The Morgan fingerprint density at radius 1 is 1.50 bits per heavy atom. The zero-order valence-electron chi connectivity index (χ0n) is 9.43. The lowest BCUT2D eigenvalue weighted by Crippen LogP contribution is -2.21. The molecule has 4 nitrogen and oxygen atoms in total. The molecule has 0 bridgehead atoms. The van der Waals surface area contributed by atoms with Gasteiger partial charge in [-0.15, -0.1) is 11.3 Å². The summed E-state index contributed by atoms with van der Waals surface area (Å²) in [7, 11) is 0. The number of hydrogen-bond acceptors (Lipinski definition) is 6. The van der Waals surface area contributed by atoms with Gasteiger partial charge in [0.25, 0.3) is 0 Å². The third-order valence-corrected chi connectivity index (χ3v) is 4.09. The van der Waals surface area contributed by atoms with Crippen LogP contribution in [-0.4, -0.2) is 32.2 Å². The summed E-state index contributed by atoms with van der Waals surface area (Å²) in [4.78, 5) is 15.6. The third kappa shape index (κ3) is 3.55. The lowest BCUT2D eigenvalue weighted by molar-refractivity contribution is -0.109. The van der Waals surface area contributed by atoms with Gasteiger partial charge in [0.2, 0.25) is 0 Å². The monoisotopic (exact) mass is 261 g/mol. The van der Waals surface area contributed by atoms with E-state index in [2.05, 4.69) is 4.98 Å². The van der Waals surface area contributed by atoms with Crippen molar-refractivity contribution in [3.8, 4) is 0 Å². The quantitative estimate of drug-likeness (QED) is 0.858. The first-order chi connectivity index (χ1) is 7.41. The van der Waals surface area contributed by atoms with Crippen molar-refractivity contribution in [2.45, 2.75) is 33.0 Å². The second-order valence-electron chi connectivity index (χ2n) is 3.50. The molecular formula is C10H15NO3S2. The van der Waals surface area contributed by atoms with Gasteiger partial charge in [0.05, 0.1) is 21.7 Å². The zero-order chi connectivity index (χ0) is 12.3. The van der Waals surface area contributed by atoms with Gasteiger partial charge in [0.15, 0.2) is 5.12 Å². The van der Waals surface area contributed by atoms with Crippen molar-refractivity contribution in [1.82, 2.24) is 4.98 Å². The highest BCUT2D eigenvalue weighted by molar-refractivity contribution is 8.13. The Morgan fingerprint density at radius 3 is 2.56 bits per heavy atom. The number of carbonyl (C=O) groups excluding carboxylic acids is 1. The molecule has 0 aliphatic heterocycles. The van der Waals surface area contributed by atoms with Crippen LogP contribution in [0, 0.1) is 13.8 Å². The number of nitrogens with zero attached hydrogens (tertiary/aromatic N) is 1. The fourth-order valence-corrected chi connectivity index (χ4v) is 2.85. The molecule has 1 rings (SSSR count). The number of thiazole rings is 1. The number of carbonyl (C=O) groups is 1. The van der Waals surface area contributed by atoms with Gasteiger partial charge < -0.3 is 10.2 Å². The fraction of sp³-hybridized carbons (Fsp3) is 0.600. The summed E-state index contributed by atoms with van der Waals surface area (Å²) in [6.45, 7) is 5.09. The van der Waals surface area contributed by atoms with E-state index in [1.807, 2.05) is 6.92 Å². The van der Waals surface area contributed by atoms with Gasteiger partial charge >= 0.3 is 0 Å². The van der Waals surface area contributed by atoms with E-state index in [4.69, 9.17) is 0 Å². The molecule has 6 heteroatoms. The maximum Gasteiger partial charge on any atom is 0.185 e. The van der Waals surface area contributed by atoms with Crippen molar-refractivity contribution in [2.24, 2.45) is 0 Å². The maximum atomic E-state index is 10.7. The predicted octanol–water partition coefficient (Wildman–Crippen LogP) is 1.43. The molecule has 0 amide bonds. The second kappa shape index (κ2) is 5.77. The van der Waals surface area contributed by atoms with Crippen LogP contribution in [-0.2, 0) is 4.79 Å². The molecule has 0 radical (unpaired) electrons. The van der Waals surface area contributed by atoms with E-state index in [1.54, 1.807) is 6.92 Å². The van der Waals surface area contributed by atoms with Gasteiger partial charge in [-0.3, -0.25) is 4.79 Å². The zero-order valence-corrected chi connectivity index (χ0v) is 11.1. The number of aromatic nitrogens is 1. The highest BCUT2D eigenvalue weighted by atomic mass is 32.2. The van der Waals surface area contributed by atoms with Crippen LogP contribution >= 0.6 is 23.1 Å². The first kappa shape index (κ1) is 13.6. The Balaban J connectivity index is 2.66. The lowest BCUT2D eigenvalue weighted by atomic mass is 10.2. The van der Waals surface area contributed by atoms with E-state index >= 15 is 0 Å². The first-order valence-corrected chi connectivity index (χ1v) is 6.65. The van der Waals surface area contributed by atoms with Crippen LogP contribution in [0.25, 0.3) is 0 Å². The second-order valence-corrected chi connectivity index (χ2v) is 5.93. The fourth-order valence-electron chi connectivity index (χ4n) is 1.29. The number of thioether (sulfide) groups is 1. The lowest BCUT2D eigenvalue weighted by Gasteiger charge is -2.15. The summed E-state index contributed by atoms with van der Waals surface area (Å²) in [6, 6.07) is 0. The van der Waals surface area contributed by atoms with Crippen molar-refractivity contribution in [1.29, 1.82) is 0 Å². The summed E-state index contributed by atoms with van der Waals surface area (Å²) >= 11 is 2.38. The molecule has 0 aliphatic carbocycles. The summed E-state index contributed by atoms with van der Waals surface area (Å²) in [5.74, 6) is 0.201. The molecule has 1 heterocycles. The molecule has 0 aromatic carbocycles. The van der Waals surface area contributed by atoms with E-state index in [-0.39, 0.29) is 10.9 Å². The molecule has 0 fully saturated rings. The van der Waals surface area contributed by atoms with Gasteiger partial charge in [-0.2, -0.15) is 0 Å². The van der Waals surface area contributed by atoms with Crippen LogP contribution in [0.15, 0.2) is 0 Å². The van der Waals surface area contributed by atoms with Crippen molar-refractivity contribution in [2.75, 3.05) is 5.75 Å². The Hall–Kier alpha value is -0.430. The number of hydrogen-bond donors (Lipinski definition) is 2. The summed E-state index contributed by atoms with van der Waals surface area (Å²) in [5, 5.41) is 20.4. The van der Waals surface area contributed by atoms with Crippen molar-refractivity contribution in [3.05, 3.63) is 15.6 Å². The molecule has 0 saturated heterocycles. The largest absolute Gasteiger partial charge is 0.389 e. The summed E-state index contributed by atoms with van der Waals surface area (Å²) < 4.78 is 0. The minimum atomic E-state index is -0.960. The molecule has 1 aromatic heterocycles. The molecule has 90 valence electrons. The van der Waals surface area contributed by atoms with Gasteiger partial charge in [0, 0.05) is 12.7 Å². The molecule has 0 spiro atoms. The summed E-state index contributed by atoms with van der Waals surface area (Å²) in [6.07, 6.45) is -1.90. The Kier molecular flexibility index (Phi) is 4.91. The minimum Gasteiger partial charge on any atom is -0.389 e. The molecular weight excluding hydrogens is 246 g/mol. The molecule has 1 aromatic rings. The third-order valence-electron chi connectivity index (χ3n) is 2.03. The van der Waals surface area contributed by atoms with Crippen molar-refractivity contribution >= 4 is 28.2 Å². The maximum absolute atomic E-state index is 10.7. The van der Waals surface area contributed by atoms with Crippen LogP contribution in [0.1, 0.15) is 28.6 Å². The van der Waals surface area contributed by atoms with E-state index in [1.165, 1.54) is 18.3 Å². The molecule has 0 aliphatic rings. The van der Waals surface area contributed by atoms with Crippen LogP contribution in [0.2, 0.25) is 0 Å². The van der Waals surface area contributed by atoms with Crippen LogP contribution in [0.4, 0.5) is 0 Å². The van der Waals surface area contributed by atoms with Gasteiger partial charge in [-0.25, -0.2) is 4.98 Å². The number of aryl methyl sites for hydroxylation is 2. The minimum absolute atomic E-state index is 0.0662. The highest BCUT2D eigenvalue weighted by Gasteiger charge is 2.23. The smallest absolute Gasteiger partial charge is 0.185 e. The van der Waals surface area contributed by atoms with Crippen LogP contribution in [0.3, 0.4) is 0 Å². The van der Waals surface area contributed by atoms with Crippen molar-refractivity contribution < 1.29 is 15.0 Å². The number of aliphatic hydroxyl groups is 2. The highest BCUT2D eigenvalue weighted by Crippen LogP contribution is 2.28. The summed E-state index contributed by atoms with van der Waals surface area (Å²) in [5.41, 5.74) is 0.738. The van der Waals surface area contributed by atoms with Gasteiger partial charge in [0.1, 0.15) is 6.10 Å². The van der Waals surface area contributed by atoms with Crippen LogP contribution < -0.4 is 0 Å². The average molecular weight is 261 g/mol. The predicted molar refractivity (Wildman–Crippen MR) is 65.7 cm³/mol. The molecule has 16 heavy (non-hydrogen) atoms. The first-order valence-electron chi connectivity index (χ1n) is 4.85.